The van der Waals surface area contributed by atoms with Crippen molar-refractivity contribution in [2.24, 2.45) is 5.10 Å². The van der Waals surface area contributed by atoms with E-state index in [0.29, 0.717) is 0 Å². The van der Waals surface area contributed by atoms with Crippen LogP contribution in [0.3, 0.4) is 0 Å². The Labute approximate surface area is 168 Å². The van der Waals surface area contributed by atoms with E-state index < -0.39 is 0 Å². The second kappa shape index (κ2) is 8.00. The summed E-state index contributed by atoms with van der Waals surface area (Å²) >= 11 is 7.63. The van der Waals surface area contributed by atoms with E-state index >= 15 is 0 Å². The number of thiophene rings is 1. The van der Waals surface area contributed by atoms with Gasteiger partial charge in [0.1, 0.15) is 0 Å². The Hall–Kier alpha value is -1.89. The minimum Gasteiger partial charge on any atom is -0.336 e. The smallest absolute Gasteiger partial charge is 0.253 e. The van der Waals surface area contributed by atoms with Crippen LogP contribution in [-0.2, 0) is 6.54 Å². The molecule has 142 valence electrons. The molecule has 2 aromatic rings. The highest BCUT2D eigenvalue weighted by Gasteiger charge is 2.23. The molecule has 1 saturated heterocycles. The molecule has 1 fully saturated rings. The maximum Gasteiger partial charge on any atom is 0.253 e. The van der Waals surface area contributed by atoms with Crippen LogP contribution in [0.4, 0.5) is 5.69 Å². The molecule has 0 N–H and O–H groups in total. The summed E-state index contributed by atoms with van der Waals surface area (Å²) in [5.41, 5.74) is 2.94. The summed E-state index contributed by atoms with van der Waals surface area (Å²) in [5.74, 6) is 0.112. The van der Waals surface area contributed by atoms with E-state index in [-0.39, 0.29) is 5.91 Å². The molecule has 3 heterocycles. The largest absolute Gasteiger partial charge is 0.336 e. The van der Waals surface area contributed by atoms with Crippen LogP contribution in [0.5, 0.6) is 0 Å². The molecule has 0 spiro atoms. The summed E-state index contributed by atoms with van der Waals surface area (Å²) in [7, 11) is 0. The van der Waals surface area contributed by atoms with Crippen LogP contribution < -0.4 is 5.01 Å². The Morgan fingerprint density at radius 3 is 2.41 bits per heavy atom. The van der Waals surface area contributed by atoms with Gasteiger partial charge in [0.05, 0.1) is 10.0 Å². The third-order valence-electron chi connectivity index (χ3n) is 5.06. The number of hydrogen-bond donors (Lipinski definition) is 0. The van der Waals surface area contributed by atoms with Crippen LogP contribution >= 0.6 is 22.9 Å². The summed E-state index contributed by atoms with van der Waals surface area (Å²) in [6.45, 7) is 7.16. The van der Waals surface area contributed by atoms with Crippen molar-refractivity contribution in [2.75, 3.05) is 37.7 Å². The second-order valence-electron chi connectivity index (χ2n) is 7.03. The predicted octanol–water partition coefficient (Wildman–Crippen LogP) is 3.95. The van der Waals surface area contributed by atoms with E-state index in [1.807, 2.05) is 47.2 Å². The highest BCUT2D eigenvalue weighted by atomic mass is 35.5. The lowest BCUT2D eigenvalue weighted by Gasteiger charge is -2.34. The van der Waals surface area contributed by atoms with E-state index in [0.717, 1.165) is 67.0 Å². The predicted molar refractivity (Wildman–Crippen MR) is 112 cm³/mol. The minimum absolute atomic E-state index is 0.112. The molecule has 1 aromatic carbocycles. The Bertz CT molecular complexity index is 840. The Kier molecular flexibility index (Phi) is 5.48. The van der Waals surface area contributed by atoms with Crippen molar-refractivity contribution >= 4 is 40.2 Å². The SMILES string of the molecule is CC1=NN(c2ccc(C(=O)N3CCN(Cc4ccc(Cl)s4)CC3)cc2)CC1. The summed E-state index contributed by atoms with van der Waals surface area (Å²) in [4.78, 5) is 18.4. The van der Waals surface area contributed by atoms with Crippen molar-refractivity contribution in [3.05, 3.63) is 51.2 Å². The standard InChI is InChI=1S/C20H23ClN4OS/c1-15-8-9-25(22-15)17-4-2-16(3-5-17)20(26)24-12-10-23(11-13-24)14-18-6-7-19(21)27-18/h2-7H,8-14H2,1H3. The Balaban J connectivity index is 1.32. The van der Waals surface area contributed by atoms with Crippen molar-refractivity contribution in [1.82, 2.24) is 9.80 Å². The molecule has 0 aliphatic carbocycles. The van der Waals surface area contributed by atoms with Gasteiger partial charge in [0, 0.05) is 61.8 Å². The van der Waals surface area contributed by atoms with Gasteiger partial charge in [-0.05, 0) is 43.3 Å². The van der Waals surface area contributed by atoms with Crippen LogP contribution in [0.1, 0.15) is 28.6 Å². The van der Waals surface area contributed by atoms with Gasteiger partial charge in [0.2, 0.25) is 0 Å². The molecular formula is C20H23ClN4OS. The van der Waals surface area contributed by atoms with Gasteiger partial charge in [-0.2, -0.15) is 5.10 Å². The van der Waals surface area contributed by atoms with Gasteiger partial charge in [0.15, 0.2) is 0 Å². The van der Waals surface area contributed by atoms with E-state index in [2.05, 4.69) is 16.1 Å². The number of nitrogens with zero attached hydrogens (tertiary/aromatic N) is 4. The number of amides is 1. The normalized spacial score (nSPS) is 18.1. The lowest BCUT2D eigenvalue weighted by atomic mass is 10.1. The molecule has 0 bridgehead atoms. The number of benzene rings is 1. The summed E-state index contributed by atoms with van der Waals surface area (Å²) in [5, 5.41) is 6.51. The fourth-order valence-electron chi connectivity index (χ4n) is 3.49. The van der Waals surface area contributed by atoms with E-state index in [1.165, 1.54) is 4.88 Å². The van der Waals surface area contributed by atoms with Gasteiger partial charge in [-0.3, -0.25) is 14.7 Å². The fourth-order valence-corrected chi connectivity index (χ4v) is 4.62. The molecule has 0 saturated carbocycles. The lowest BCUT2D eigenvalue weighted by molar-refractivity contribution is 0.0629. The number of carbonyl (C=O) groups excluding carboxylic acids is 1. The van der Waals surface area contributed by atoms with Crippen LogP contribution in [0.15, 0.2) is 41.5 Å². The fraction of sp³-hybridized carbons (Fsp3) is 0.400. The average Bonchev–Trinajstić information content (AvgIpc) is 3.30. The van der Waals surface area contributed by atoms with E-state index in [9.17, 15) is 4.79 Å². The van der Waals surface area contributed by atoms with Gasteiger partial charge in [-0.1, -0.05) is 11.6 Å². The highest BCUT2D eigenvalue weighted by molar-refractivity contribution is 7.16. The number of piperazine rings is 1. The highest BCUT2D eigenvalue weighted by Crippen LogP contribution is 2.24. The molecule has 2 aliphatic rings. The summed E-state index contributed by atoms with van der Waals surface area (Å²) in [6, 6.07) is 11.8. The van der Waals surface area contributed by atoms with Gasteiger partial charge >= 0.3 is 0 Å². The first-order valence-electron chi connectivity index (χ1n) is 9.26. The van der Waals surface area contributed by atoms with Crippen LogP contribution in [0, 0.1) is 0 Å². The molecule has 0 unspecified atom stereocenters. The minimum atomic E-state index is 0.112. The molecule has 7 heteroatoms. The molecule has 2 aliphatic heterocycles. The van der Waals surface area contributed by atoms with Crippen molar-refractivity contribution in [2.45, 2.75) is 19.9 Å². The first-order chi connectivity index (χ1) is 13.1. The maximum absolute atomic E-state index is 12.8. The van der Waals surface area contributed by atoms with Crippen molar-refractivity contribution in [3.63, 3.8) is 0 Å². The molecule has 0 atom stereocenters. The quantitative estimate of drug-likeness (QED) is 0.777. The van der Waals surface area contributed by atoms with E-state index in [1.54, 1.807) is 11.3 Å². The zero-order valence-corrected chi connectivity index (χ0v) is 17.0. The monoisotopic (exact) mass is 402 g/mol. The van der Waals surface area contributed by atoms with Gasteiger partial charge < -0.3 is 4.90 Å². The zero-order chi connectivity index (χ0) is 18.8. The Morgan fingerprint density at radius 1 is 1.07 bits per heavy atom. The van der Waals surface area contributed by atoms with Crippen LogP contribution in [0.25, 0.3) is 0 Å². The van der Waals surface area contributed by atoms with Gasteiger partial charge in [-0.25, -0.2) is 0 Å². The third-order valence-corrected chi connectivity index (χ3v) is 6.27. The van der Waals surface area contributed by atoms with E-state index in [4.69, 9.17) is 11.6 Å². The molecule has 5 nitrogen and oxygen atoms in total. The number of hydrogen-bond acceptors (Lipinski definition) is 5. The Morgan fingerprint density at radius 2 is 1.81 bits per heavy atom. The van der Waals surface area contributed by atoms with Crippen molar-refractivity contribution in [1.29, 1.82) is 0 Å². The molecule has 4 rings (SSSR count). The van der Waals surface area contributed by atoms with Gasteiger partial charge in [0.25, 0.3) is 5.91 Å². The second-order valence-corrected chi connectivity index (χ2v) is 8.83. The lowest BCUT2D eigenvalue weighted by Crippen LogP contribution is -2.48. The number of rotatable bonds is 4. The van der Waals surface area contributed by atoms with Crippen molar-refractivity contribution < 1.29 is 4.79 Å². The number of hydrazone groups is 1. The molecule has 1 amide bonds. The zero-order valence-electron chi connectivity index (χ0n) is 15.4. The average molecular weight is 403 g/mol. The topological polar surface area (TPSA) is 39.2 Å². The number of halogens is 1. The summed E-state index contributed by atoms with van der Waals surface area (Å²) < 4.78 is 0.831. The molecular weight excluding hydrogens is 380 g/mol. The maximum atomic E-state index is 12.8. The molecule has 27 heavy (non-hydrogen) atoms. The number of carbonyl (C=O) groups is 1. The third kappa shape index (κ3) is 4.34. The first-order valence-corrected chi connectivity index (χ1v) is 10.5. The first kappa shape index (κ1) is 18.5. The molecule has 1 aromatic heterocycles. The van der Waals surface area contributed by atoms with Crippen LogP contribution in [-0.4, -0.2) is 54.1 Å². The van der Waals surface area contributed by atoms with Gasteiger partial charge in [-0.15, -0.1) is 11.3 Å². The summed E-state index contributed by atoms with van der Waals surface area (Å²) in [6.07, 6.45) is 1.00. The molecule has 0 radical (unpaired) electrons. The van der Waals surface area contributed by atoms with Crippen LogP contribution in [0.2, 0.25) is 4.34 Å². The van der Waals surface area contributed by atoms with Crippen molar-refractivity contribution in [3.8, 4) is 0 Å². The number of anilines is 1.